The molecule has 112 valence electrons. The highest BCUT2D eigenvalue weighted by atomic mass is 16.5. The molecule has 0 spiro atoms. The molecule has 21 heavy (non-hydrogen) atoms. The lowest BCUT2D eigenvalue weighted by Gasteiger charge is -2.21. The average Bonchev–Trinajstić information content (AvgIpc) is 3.30. The highest BCUT2D eigenvalue weighted by molar-refractivity contribution is 5.87. The van der Waals surface area contributed by atoms with Gasteiger partial charge in [-0.25, -0.2) is 0 Å². The van der Waals surface area contributed by atoms with Crippen LogP contribution in [0.4, 0.5) is 0 Å². The molecule has 2 N–H and O–H groups in total. The minimum Gasteiger partial charge on any atom is -0.488 e. The van der Waals surface area contributed by atoms with Gasteiger partial charge in [-0.1, -0.05) is 30.3 Å². The van der Waals surface area contributed by atoms with Crippen LogP contribution in [0.2, 0.25) is 0 Å². The molecule has 0 aromatic heterocycles. The molecular weight excluding hydrogens is 262 g/mol. The number of ether oxygens (including phenoxy) is 1. The Balaban J connectivity index is 1.94. The predicted octanol–water partition coefficient (Wildman–Crippen LogP) is 3.24. The maximum absolute atomic E-state index is 9.67. The Morgan fingerprint density at radius 2 is 1.95 bits per heavy atom. The Morgan fingerprint density at radius 3 is 2.67 bits per heavy atom. The summed E-state index contributed by atoms with van der Waals surface area (Å²) in [7, 11) is 0. The van der Waals surface area contributed by atoms with Gasteiger partial charge in [0, 0.05) is 18.2 Å². The van der Waals surface area contributed by atoms with Crippen LogP contribution < -0.4 is 10.1 Å². The minimum atomic E-state index is -0.485. The zero-order chi connectivity index (χ0) is 14.8. The molecule has 3 nitrogen and oxygen atoms in total. The van der Waals surface area contributed by atoms with Crippen LogP contribution in [0.3, 0.4) is 0 Å². The van der Waals surface area contributed by atoms with E-state index in [0.717, 1.165) is 12.3 Å². The number of nitrogens with one attached hydrogen (secondary N) is 1. The van der Waals surface area contributed by atoms with Crippen LogP contribution >= 0.6 is 0 Å². The van der Waals surface area contributed by atoms with E-state index in [-0.39, 0.29) is 6.10 Å². The predicted molar refractivity (Wildman–Crippen MR) is 85.6 cm³/mol. The van der Waals surface area contributed by atoms with Crippen LogP contribution in [-0.2, 0) is 6.54 Å². The summed E-state index contributed by atoms with van der Waals surface area (Å²) in [5.74, 6) is 0.871. The quantitative estimate of drug-likeness (QED) is 0.856. The zero-order valence-electron chi connectivity index (χ0n) is 12.7. The molecule has 1 aliphatic rings. The Hall–Kier alpha value is -1.58. The fourth-order valence-electron chi connectivity index (χ4n) is 2.44. The largest absolute Gasteiger partial charge is 0.488 e. The number of hydrogen-bond donors (Lipinski definition) is 2. The van der Waals surface area contributed by atoms with Crippen molar-refractivity contribution < 1.29 is 9.84 Å². The van der Waals surface area contributed by atoms with Crippen molar-refractivity contribution in [3.8, 4) is 5.75 Å². The van der Waals surface area contributed by atoms with Crippen LogP contribution in [0, 0.1) is 0 Å². The van der Waals surface area contributed by atoms with Gasteiger partial charge in [-0.05, 0) is 43.5 Å². The number of hydrogen-bond acceptors (Lipinski definition) is 3. The highest BCUT2D eigenvalue weighted by Crippen LogP contribution is 2.30. The van der Waals surface area contributed by atoms with Crippen molar-refractivity contribution in [2.45, 2.75) is 51.5 Å². The number of fused-ring (bicyclic) bond motifs is 1. The van der Waals surface area contributed by atoms with Gasteiger partial charge < -0.3 is 15.2 Å². The average molecular weight is 285 g/mol. The van der Waals surface area contributed by atoms with Crippen molar-refractivity contribution in [3.05, 3.63) is 42.0 Å². The Kier molecular flexibility index (Phi) is 4.13. The molecule has 2 unspecified atom stereocenters. The van der Waals surface area contributed by atoms with Gasteiger partial charge in [0.15, 0.2) is 0 Å². The van der Waals surface area contributed by atoms with E-state index in [1.54, 1.807) is 6.92 Å². The highest BCUT2D eigenvalue weighted by Gasteiger charge is 2.22. The summed E-state index contributed by atoms with van der Waals surface area (Å²) in [6.45, 7) is 4.47. The molecule has 0 saturated heterocycles. The van der Waals surface area contributed by atoms with E-state index >= 15 is 0 Å². The molecule has 2 aromatic rings. The van der Waals surface area contributed by atoms with Crippen LogP contribution in [0.25, 0.3) is 10.8 Å². The number of aliphatic hydroxyl groups excluding tert-OH is 1. The first-order valence-electron chi connectivity index (χ1n) is 7.74. The van der Waals surface area contributed by atoms with E-state index in [4.69, 9.17) is 4.74 Å². The molecule has 2 aromatic carbocycles. The summed E-state index contributed by atoms with van der Waals surface area (Å²) < 4.78 is 5.98. The third-order valence-corrected chi connectivity index (χ3v) is 4.13. The van der Waals surface area contributed by atoms with E-state index < -0.39 is 6.10 Å². The second kappa shape index (κ2) is 6.04. The minimum absolute atomic E-state index is 0.217. The Labute approximate surface area is 125 Å². The van der Waals surface area contributed by atoms with E-state index in [0.29, 0.717) is 6.04 Å². The Bertz CT molecular complexity index is 620. The molecule has 0 radical (unpaired) electrons. The first-order valence-corrected chi connectivity index (χ1v) is 7.74. The van der Waals surface area contributed by atoms with E-state index in [1.807, 2.05) is 13.0 Å². The van der Waals surface area contributed by atoms with Crippen molar-refractivity contribution in [1.29, 1.82) is 0 Å². The summed E-state index contributed by atoms with van der Waals surface area (Å²) in [5, 5.41) is 15.7. The summed E-state index contributed by atoms with van der Waals surface area (Å²) in [6, 6.07) is 13.1. The number of aliphatic hydroxyl groups is 1. The molecule has 2 atom stereocenters. The van der Waals surface area contributed by atoms with Gasteiger partial charge in [0.25, 0.3) is 0 Å². The summed E-state index contributed by atoms with van der Waals surface area (Å²) in [6.07, 6.45) is 1.84. The summed E-state index contributed by atoms with van der Waals surface area (Å²) in [4.78, 5) is 0. The molecule has 0 amide bonds. The van der Waals surface area contributed by atoms with Crippen LogP contribution in [0.15, 0.2) is 36.4 Å². The van der Waals surface area contributed by atoms with Gasteiger partial charge in [0.05, 0.1) is 6.10 Å². The number of benzene rings is 2. The number of rotatable bonds is 6. The standard InChI is InChI=1S/C18H23NO2/c1-12(20)13(2)21-18-10-7-14-5-3-4-6-16(14)17(18)11-19-15-8-9-15/h3-7,10,12-13,15,19-20H,8-9,11H2,1-2H3. The fourth-order valence-corrected chi connectivity index (χ4v) is 2.44. The fraction of sp³-hybridized carbons (Fsp3) is 0.444. The molecule has 0 heterocycles. The SMILES string of the molecule is CC(O)C(C)Oc1ccc2ccccc2c1CNC1CC1. The van der Waals surface area contributed by atoms with Crippen LogP contribution in [-0.4, -0.2) is 23.4 Å². The first kappa shape index (κ1) is 14.4. The molecule has 0 aliphatic heterocycles. The van der Waals surface area contributed by atoms with Gasteiger partial charge >= 0.3 is 0 Å². The monoisotopic (exact) mass is 285 g/mol. The van der Waals surface area contributed by atoms with Crippen molar-refractivity contribution in [1.82, 2.24) is 5.32 Å². The lowest BCUT2D eigenvalue weighted by Crippen LogP contribution is -2.26. The third kappa shape index (κ3) is 3.36. The van der Waals surface area contributed by atoms with Crippen molar-refractivity contribution in [2.24, 2.45) is 0 Å². The topological polar surface area (TPSA) is 41.5 Å². The maximum atomic E-state index is 9.67. The van der Waals surface area contributed by atoms with Crippen molar-refractivity contribution in [2.75, 3.05) is 0 Å². The maximum Gasteiger partial charge on any atom is 0.124 e. The summed E-state index contributed by atoms with van der Waals surface area (Å²) in [5.41, 5.74) is 1.19. The molecular formula is C18H23NO2. The molecule has 1 aliphatic carbocycles. The second-order valence-electron chi connectivity index (χ2n) is 5.98. The van der Waals surface area contributed by atoms with Crippen LogP contribution in [0.1, 0.15) is 32.3 Å². The molecule has 3 heteroatoms. The normalized spacial score (nSPS) is 17.7. The van der Waals surface area contributed by atoms with Crippen molar-refractivity contribution >= 4 is 10.8 Å². The van der Waals surface area contributed by atoms with Gasteiger partial charge in [0.2, 0.25) is 0 Å². The molecule has 3 rings (SSSR count). The third-order valence-electron chi connectivity index (χ3n) is 4.13. The van der Waals surface area contributed by atoms with E-state index in [9.17, 15) is 5.11 Å². The molecule has 1 saturated carbocycles. The summed E-state index contributed by atoms with van der Waals surface area (Å²) >= 11 is 0. The van der Waals surface area contributed by atoms with E-state index in [1.165, 1.54) is 29.2 Å². The van der Waals surface area contributed by atoms with Gasteiger partial charge in [0.1, 0.15) is 11.9 Å². The van der Waals surface area contributed by atoms with Gasteiger partial charge in [-0.15, -0.1) is 0 Å². The Morgan fingerprint density at radius 1 is 1.19 bits per heavy atom. The molecule has 0 bridgehead atoms. The smallest absolute Gasteiger partial charge is 0.124 e. The van der Waals surface area contributed by atoms with Gasteiger partial charge in [-0.2, -0.15) is 0 Å². The lowest BCUT2D eigenvalue weighted by molar-refractivity contribution is 0.0599. The van der Waals surface area contributed by atoms with Crippen LogP contribution in [0.5, 0.6) is 5.75 Å². The zero-order valence-corrected chi connectivity index (χ0v) is 12.7. The van der Waals surface area contributed by atoms with Crippen molar-refractivity contribution in [3.63, 3.8) is 0 Å². The molecule has 1 fully saturated rings. The van der Waals surface area contributed by atoms with Gasteiger partial charge in [-0.3, -0.25) is 0 Å². The first-order chi connectivity index (χ1) is 10.1. The van der Waals surface area contributed by atoms with E-state index in [2.05, 4.69) is 35.6 Å². The lowest BCUT2D eigenvalue weighted by atomic mass is 10.0. The second-order valence-corrected chi connectivity index (χ2v) is 5.98.